The lowest BCUT2D eigenvalue weighted by Crippen LogP contribution is -2.30. The van der Waals surface area contributed by atoms with E-state index in [-0.39, 0.29) is 0 Å². The van der Waals surface area contributed by atoms with Crippen molar-refractivity contribution in [3.8, 4) is 0 Å². The van der Waals surface area contributed by atoms with Crippen molar-refractivity contribution in [3.63, 3.8) is 0 Å². The van der Waals surface area contributed by atoms with Crippen molar-refractivity contribution >= 4 is 0 Å². The third-order valence-corrected chi connectivity index (χ3v) is 2.17. The van der Waals surface area contributed by atoms with Gasteiger partial charge in [-0.3, -0.25) is 4.98 Å². The van der Waals surface area contributed by atoms with Crippen molar-refractivity contribution in [3.05, 3.63) is 30.1 Å². The highest BCUT2D eigenvalue weighted by molar-refractivity contribution is 5.17. The summed E-state index contributed by atoms with van der Waals surface area (Å²) in [6, 6.07) is 3.67. The van der Waals surface area contributed by atoms with Crippen LogP contribution in [0.15, 0.2) is 24.5 Å². The quantitative estimate of drug-likeness (QED) is 0.761. The molecular weight excluding hydrogens is 166 g/mol. The Labute approximate surface area is 78.4 Å². The summed E-state index contributed by atoms with van der Waals surface area (Å²) in [5.74, 6) is 0. The Hall–Kier alpha value is -0.930. The average Bonchev–Trinajstić information content (AvgIpc) is 2.19. The smallest absolute Gasteiger partial charge is 0.114 e. The molecule has 3 heteroatoms. The Morgan fingerprint density at radius 1 is 1.62 bits per heavy atom. The second-order valence-corrected chi connectivity index (χ2v) is 3.06. The van der Waals surface area contributed by atoms with E-state index in [1.807, 2.05) is 19.1 Å². The highest BCUT2D eigenvalue weighted by Gasteiger charge is 2.26. The van der Waals surface area contributed by atoms with Crippen molar-refractivity contribution in [1.29, 1.82) is 0 Å². The van der Waals surface area contributed by atoms with Gasteiger partial charge >= 0.3 is 0 Å². The van der Waals surface area contributed by atoms with Gasteiger partial charge in [-0.15, -0.1) is 0 Å². The molecule has 1 atom stereocenters. The maximum atomic E-state index is 10.1. The molecule has 3 nitrogen and oxygen atoms in total. The Balaban J connectivity index is 2.89. The fraction of sp³-hybridized carbons (Fsp3) is 0.500. The summed E-state index contributed by atoms with van der Waals surface area (Å²) in [4.78, 5) is 3.97. The number of nitrogens with zero attached hydrogens (tertiary/aromatic N) is 1. The van der Waals surface area contributed by atoms with E-state index in [1.165, 1.54) is 0 Å². The zero-order valence-corrected chi connectivity index (χ0v) is 8.03. The topological polar surface area (TPSA) is 42.4 Å². The summed E-state index contributed by atoms with van der Waals surface area (Å²) in [5, 5.41) is 10.1. The molecule has 1 N–H and O–H groups in total. The van der Waals surface area contributed by atoms with Crippen LogP contribution in [-0.4, -0.2) is 23.8 Å². The van der Waals surface area contributed by atoms with Crippen LogP contribution < -0.4 is 0 Å². The van der Waals surface area contributed by atoms with E-state index in [4.69, 9.17) is 4.74 Å². The van der Waals surface area contributed by atoms with Crippen LogP contribution in [0.3, 0.4) is 0 Å². The predicted molar refractivity (Wildman–Crippen MR) is 50.3 cm³/mol. The number of rotatable bonds is 4. The van der Waals surface area contributed by atoms with Gasteiger partial charge in [0.15, 0.2) is 0 Å². The molecule has 0 saturated heterocycles. The van der Waals surface area contributed by atoms with Gasteiger partial charge < -0.3 is 9.84 Å². The first-order chi connectivity index (χ1) is 6.23. The molecule has 0 fully saturated rings. The second kappa shape index (κ2) is 4.35. The van der Waals surface area contributed by atoms with Crippen LogP contribution in [0.25, 0.3) is 0 Å². The van der Waals surface area contributed by atoms with E-state index in [1.54, 1.807) is 19.5 Å². The van der Waals surface area contributed by atoms with Crippen molar-refractivity contribution in [2.24, 2.45) is 0 Å². The molecular formula is C10H15NO2. The lowest BCUT2D eigenvalue weighted by molar-refractivity contribution is -0.0388. The molecule has 0 aliphatic rings. The molecule has 0 aliphatic heterocycles. The van der Waals surface area contributed by atoms with E-state index in [9.17, 15) is 5.11 Å². The molecule has 1 aromatic heterocycles. The number of aromatic nitrogens is 1. The van der Waals surface area contributed by atoms with Crippen LogP contribution in [0, 0.1) is 0 Å². The lowest BCUT2D eigenvalue weighted by Gasteiger charge is -2.25. The molecule has 0 aliphatic carbocycles. The van der Waals surface area contributed by atoms with Gasteiger partial charge in [0.2, 0.25) is 0 Å². The fourth-order valence-corrected chi connectivity index (χ4v) is 1.27. The molecule has 0 amide bonds. The van der Waals surface area contributed by atoms with Crippen LogP contribution in [0.4, 0.5) is 0 Å². The highest BCUT2D eigenvalue weighted by Crippen LogP contribution is 2.23. The van der Waals surface area contributed by atoms with Gasteiger partial charge in [0, 0.05) is 25.1 Å². The Kier molecular flexibility index (Phi) is 3.39. The van der Waals surface area contributed by atoms with E-state index in [0.717, 1.165) is 5.56 Å². The summed E-state index contributed by atoms with van der Waals surface area (Å²) in [6.45, 7) is 2.22. The predicted octanol–water partition coefficient (Wildman–Crippen LogP) is 1.33. The zero-order chi connectivity index (χ0) is 9.73. The minimum Gasteiger partial charge on any atom is -0.383 e. The second-order valence-electron chi connectivity index (χ2n) is 3.06. The lowest BCUT2D eigenvalue weighted by atomic mass is 9.94. The van der Waals surface area contributed by atoms with Crippen molar-refractivity contribution in [2.45, 2.75) is 18.9 Å². The first-order valence-electron chi connectivity index (χ1n) is 4.35. The molecule has 72 valence electrons. The van der Waals surface area contributed by atoms with Gasteiger partial charge in [0.25, 0.3) is 0 Å². The van der Waals surface area contributed by atoms with Crippen LogP contribution in [0.1, 0.15) is 18.9 Å². The van der Waals surface area contributed by atoms with Gasteiger partial charge in [-0.25, -0.2) is 0 Å². The summed E-state index contributed by atoms with van der Waals surface area (Å²) in [7, 11) is 1.58. The van der Waals surface area contributed by atoms with Gasteiger partial charge in [0.05, 0.1) is 6.61 Å². The molecule has 1 rings (SSSR count). The van der Waals surface area contributed by atoms with E-state index < -0.39 is 5.60 Å². The molecule has 13 heavy (non-hydrogen) atoms. The summed E-state index contributed by atoms with van der Waals surface area (Å²) >= 11 is 0. The number of hydrogen-bond donors (Lipinski definition) is 1. The van der Waals surface area contributed by atoms with Crippen molar-refractivity contribution in [1.82, 2.24) is 4.98 Å². The Bertz CT molecular complexity index is 250. The van der Waals surface area contributed by atoms with Gasteiger partial charge in [-0.1, -0.05) is 13.0 Å². The molecule has 1 aromatic rings. The Morgan fingerprint density at radius 3 is 2.85 bits per heavy atom. The SMILES string of the molecule is CCC(O)(COC)c1cccnc1. The molecule has 1 unspecified atom stereocenters. The molecule has 0 aromatic carbocycles. The highest BCUT2D eigenvalue weighted by atomic mass is 16.5. The molecule has 0 radical (unpaired) electrons. The Morgan fingerprint density at radius 2 is 2.38 bits per heavy atom. The maximum absolute atomic E-state index is 10.1. The molecule has 0 spiro atoms. The number of pyridine rings is 1. The standard InChI is InChI=1S/C10H15NO2/c1-3-10(12,8-13-2)9-5-4-6-11-7-9/h4-7,12H,3,8H2,1-2H3. The van der Waals surface area contributed by atoms with Crippen LogP contribution in [-0.2, 0) is 10.3 Å². The van der Waals surface area contributed by atoms with E-state index in [2.05, 4.69) is 4.98 Å². The van der Waals surface area contributed by atoms with E-state index >= 15 is 0 Å². The normalized spacial score (nSPS) is 15.3. The van der Waals surface area contributed by atoms with Gasteiger partial charge in [-0.2, -0.15) is 0 Å². The monoisotopic (exact) mass is 181 g/mol. The summed E-state index contributed by atoms with van der Waals surface area (Å²) in [5.41, 5.74) is -0.0948. The zero-order valence-electron chi connectivity index (χ0n) is 8.03. The number of methoxy groups -OCH3 is 1. The fourth-order valence-electron chi connectivity index (χ4n) is 1.27. The van der Waals surface area contributed by atoms with E-state index in [0.29, 0.717) is 13.0 Å². The van der Waals surface area contributed by atoms with Crippen LogP contribution in [0.2, 0.25) is 0 Å². The number of hydrogen-bond acceptors (Lipinski definition) is 3. The summed E-state index contributed by atoms with van der Waals surface area (Å²) < 4.78 is 4.97. The van der Waals surface area contributed by atoms with Gasteiger partial charge in [0.1, 0.15) is 5.60 Å². The number of aliphatic hydroxyl groups is 1. The first-order valence-corrected chi connectivity index (χ1v) is 4.35. The molecule has 1 heterocycles. The third kappa shape index (κ3) is 2.26. The largest absolute Gasteiger partial charge is 0.383 e. The molecule has 0 saturated carbocycles. The summed E-state index contributed by atoms with van der Waals surface area (Å²) in [6.07, 6.45) is 3.97. The van der Waals surface area contributed by atoms with Crippen molar-refractivity contribution < 1.29 is 9.84 Å². The number of ether oxygens (including phenoxy) is 1. The van der Waals surface area contributed by atoms with Crippen LogP contribution in [0.5, 0.6) is 0 Å². The first kappa shape index (κ1) is 10.2. The molecule has 0 bridgehead atoms. The minimum absolute atomic E-state index is 0.301. The third-order valence-electron chi connectivity index (χ3n) is 2.17. The van der Waals surface area contributed by atoms with Crippen molar-refractivity contribution in [2.75, 3.05) is 13.7 Å². The maximum Gasteiger partial charge on any atom is 0.114 e. The van der Waals surface area contributed by atoms with Crippen LogP contribution >= 0.6 is 0 Å². The minimum atomic E-state index is -0.900. The van der Waals surface area contributed by atoms with Gasteiger partial charge in [-0.05, 0) is 12.5 Å². The average molecular weight is 181 g/mol.